The standard InChI is InChI=1S/C18H18N2O2/c1-12-5-4-6-14-15(9-10-19-18(12)14)20-16-8-7-13(21-2)11-17(16)22-3/h4-11H,1-3H3,(H,19,20). The first-order valence-corrected chi connectivity index (χ1v) is 7.06. The molecule has 0 aliphatic heterocycles. The van der Waals surface area contributed by atoms with Gasteiger partial charge in [-0.15, -0.1) is 0 Å². The number of pyridine rings is 1. The fourth-order valence-electron chi connectivity index (χ4n) is 2.48. The van der Waals surface area contributed by atoms with Gasteiger partial charge in [-0.2, -0.15) is 0 Å². The van der Waals surface area contributed by atoms with E-state index in [0.29, 0.717) is 0 Å². The summed E-state index contributed by atoms with van der Waals surface area (Å²) in [6.45, 7) is 2.06. The largest absolute Gasteiger partial charge is 0.497 e. The van der Waals surface area contributed by atoms with E-state index < -0.39 is 0 Å². The molecule has 0 bridgehead atoms. The summed E-state index contributed by atoms with van der Waals surface area (Å²) in [4.78, 5) is 4.46. The smallest absolute Gasteiger partial charge is 0.145 e. The van der Waals surface area contributed by atoms with Crippen molar-refractivity contribution in [3.63, 3.8) is 0 Å². The van der Waals surface area contributed by atoms with Crippen molar-refractivity contribution >= 4 is 22.3 Å². The van der Waals surface area contributed by atoms with Crippen molar-refractivity contribution in [3.05, 3.63) is 54.2 Å². The maximum Gasteiger partial charge on any atom is 0.145 e. The first kappa shape index (κ1) is 14.2. The summed E-state index contributed by atoms with van der Waals surface area (Å²) < 4.78 is 10.7. The van der Waals surface area contributed by atoms with E-state index in [1.165, 1.54) is 0 Å². The third kappa shape index (κ3) is 2.55. The molecule has 1 N–H and O–H groups in total. The van der Waals surface area contributed by atoms with Crippen LogP contribution in [0, 0.1) is 6.92 Å². The van der Waals surface area contributed by atoms with Crippen molar-refractivity contribution in [2.24, 2.45) is 0 Å². The van der Waals surface area contributed by atoms with Crippen LogP contribution in [-0.4, -0.2) is 19.2 Å². The first-order chi connectivity index (χ1) is 10.7. The maximum atomic E-state index is 5.44. The molecule has 0 fully saturated rings. The Kier molecular flexibility index (Phi) is 3.83. The maximum absolute atomic E-state index is 5.44. The van der Waals surface area contributed by atoms with Crippen molar-refractivity contribution in [3.8, 4) is 11.5 Å². The van der Waals surface area contributed by atoms with Gasteiger partial charge >= 0.3 is 0 Å². The zero-order valence-corrected chi connectivity index (χ0v) is 12.9. The number of benzene rings is 2. The lowest BCUT2D eigenvalue weighted by molar-refractivity contribution is 0.395. The molecule has 0 unspecified atom stereocenters. The zero-order valence-electron chi connectivity index (χ0n) is 12.9. The van der Waals surface area contributed by atoms with Crippen molar-refractivity contribution < 1.29 is 9.47 Å². The van der Waals surface area contributed by atoms with Gasteiger partial charge < -0.3 is 14.8 Å². The van der Waals surface area contributed by atoms with E-state index in [1.54, 1.807) is 14.2 Å². The van der Waals surface area contributed by atoms with E-state index in [9.17, 15) is 0 Å². The Bertz CT molecular complexity index is 815. The summed E-state index contributed by atoms with van der Waals surface area (Å²) in [6.07, 6.45) is 1.81. The summed E-state index contributed by atoms with van der Waals surface area (Å²) in [6, 6.07) is 13.8. The number of aryl methyl sites for hydroxylation is 1. The molecule has 0 atom stereocenters. The molecule has 1 heterocycles. The van der Waals surface area contributed by atoms with Gasteiger partial charge in [0, 0.05) is 23.3 Å². The lowest BCUT2D eigenvalue weighted by Crippen LogP contribution is -1.97. The molecule has 3 aromatic rings. The number of ether oxygens (including phenoxy) is 2. The molecule has 0 spiro atoms. The van der Waals surface area contributed by atoms with Crippen LogP contribution in [-0.2, 0) is 0 Å². The van der Waals surface area contributed by atoms with E-state index in [-0.39, 0.29) is 0 Å². The molecule has 22 heavy (non-hydrogen) atoms. The van der Waals surface area contributed by atoms with Crippen LogP contribution in [0.25, 0.3) is 10.9 Å². The van der Waals surface area contributed by atoms with Gasteiger partial charge in [-0.25, -0.2) is 0 Å². The number of aromatic nitrogens is 1. The number of methoxy groups -OCH3 is 2. The van der Waals surface area contributed by atoms with Gasteiger partial charge in [0.15, 0.2) is 0 Å². The van der Waals surface area contributed by atoms with Gasteiger partial charge in [-0.1, -0.05) is 18.2 Å². The molecule has 0 aliphatic carbocycles. The highest BCUT2D eigenvalue weighted by Gasteiger charge is 2.08. The average Bonchev–Trinajstić information content (AvgIpc) is 2.56. The zero-order chi connectivity index (χ0) is 15.5. The second-order valence-corrected chi connectivity index (χ2v) is 5.02. The van der Waals surface area contributed by atoms with Crippen LogP contribution in [0.2, 0.25) is 0 Å². The SMILES string of the molecule is COc1ccc(Nc2ccnc3c(C)cccc23)c(OC)c1. The number of nitrogens with zero attached hydrogens (tertiary/aromatic N) is 1. The molecule has 2 aromatic carbocycles. The third-order valence-corrected chi connectivity index (χ3v) is 3.65. The number of para-hydroxylation sites is 1. The van der Waals surface area contributed by atoms with E-state index in [1.807, 2.05) is 36.5 Å². The van der Waals surface area contributed by atoms with Crippen LogP contribution >= 0.6 is 0 Å². The van der Waals surface area contributed by atoms with Crippen molar-refractivity contribution in [1.82, 2.24) is 4.98 Å². The van der Waals surface area contributed by atoms with Gasteiger partial charge in [0.1, 0.15) is 11.5 Å². The number of hydrogen-bond acceptors (Lipinski definition) is 4. The van der Waals surface area contributed by atoms with Crippen LogP contribution in [0.5, 0.6) is 11.5 Å². The molecule has 0 aliphatic rings. The molecule has 4 nitrogen and oxygen atoms in total. The minimum absolute atomic E-state index is 0.733. The minimum Gasteiger partial charge on any atom is -0.497 e. The van der Waals surface area contributed by atoms with Crippen LogP contribution in [0.3, 0.4) is 0 Å². The summed E-state index contributed by atoms with van der Waals surface area (Å²) in [7, 11) is 3.29. The molecule has 1 aromatic heterocycles. The van der Waals surface area contributed by atoms with Gasteiger partial charge in [-0.3, -0.25) is 4.98 Å². The van der Waals surface area contributed by atoms with Crippen molar-refractivity contribution in [2.75, 3.05) is 19.5 Å². The Morgan fingerprint density at radius 3 is 2.59 bits per heavy atom. The second-order valence-electron chi connectivity index (χ2n) is 5.02. The van der Waals surface area contributed by atoms with E-state index >= 15 is 0 Å². The fraction of sp³-hybridized carbons (Fsp3) is 0.167. The highest BCUT2D eigenvalue weighted by Crippen LogP contribution is 2.33. The van der Waals surface area contributed by atoms with Crippen LogP contribution < -0.4 is 14.8 Å². The highest BCUT2D eigenvalue weighted by molar-refractivity contribution is 5.94. The van der Waals surface area contributed by atoms with E-state index in [4.69, 9.17) is 9.47 Å². The lowest BCUT2D eigenvalue weighted by Gasteiger charge is -2.14. The van der Waals surface area contributed by atoms with Gasteiger partial charge in [-0.05, 0) is 30.7 Å². The Morgan fingerprint density at radius 2 is 1.82 bits per heavy atom. The predicted octanol–water partition coefficient (Wildman–Crippen LogP) is 4.30. The Labute approximate surface area is 129 Å². The number of hydrogen-bond donors (Lipinski definition) is 1. The second kappa shape index (κ2) is 5.93. The summed E-state index contributed by atoms with van der Waals surface area (Å²) >= 11 is 0. The summed E-state index contributed by atoms with van der Waals surface area (Å²) in [5.41, 5.74) is 4.04. The van der Waals surface area contributed by atoms with E-state index in [2.05, 4.69) is 29.4 Å². The molecule has 0 radical (unpaired) electrons. The minimum atomic E-state index is 0.733. The Morgan fingerprint density at radius 1 is 0.955 bits per heavy atom. The van der Waals surface area contributed by atoms with Crippen LogP contribution in [0.15, 0.2) is 48.7 Å². The van der Waals surface area contributed by atoms with E-state index in [0.717, 1.165) is 39.3 Å². The predicted molar refractivity (Wildman–Crippen MR) is 89.3 cm³/mol. The first-order valence-electron chi connectivity index (χ1n) is 7.06. The van der Waals surface area contributed by atoms with Crippen LogP contribution in [0.1, 0.15) is 5.56 Å². The lowest BCUT2D eigenvalue weighted by atomic mass is 10.1. The fourth-order valence-corrected chi connectivity index (χ4v) is 2.48. The number of fused-ring (bicyclic) bond motifs is 1. The number of nitrogens with one attached hydrogen (secondary N) is 1. The molecule has 4 heteroatoms. The van der Waals surface area contributed by atoms with Gasteiger partial charge in [0.25, 0.3) is 0 Å². The molecular weight excluding hydrogens is 276 g/mol. The topological polar surface area (TPSA) is 43.4 Å². The Hall–Kier alpha value is -2.75. The van der Waals surface area contributed by atoms with Crippen molar-refractivity contribution in [2.45, 2.75) is 6.92 Å². The molecule has 0 saturated carbocycles. The van der Waals surface area contributed by atoms with Gasteiger partial charge in [0.2, 0.25) is 0 Å². The van der Waals surface area contributed by atoms with Crippen molar-refractivity contribution in [1.29, 1.82) is 0 Å². The molecule has 3 rings (SSSR count). The number of rotatable bonds is 4. The summed E-state index contributed by atoms with van der Waals surface area (Å²) in [5.74, 6) is 1.50. The monoisotopic (exact) mass is 294 g/mol. The average molecular weight is 294 g/mol. The van der Waals surface area contributed by atoms with Crippen LogP contribution in [0.4, 0.5) is 11.4 Å². The molecule has 0 saturated heterocycles. The summed E-state index contributed by atoms with van der Waals surface area (Å²) in [5, 5.41) is 4.51. The van der Waals surface area contributed by atoms with Gasteiger partial charge in [0.05, 0.1) is 25.4 Å². The number of anilines is 2. The normalized spacial score (nSPS) is 10.5. The molecule has 0 amide bonds. The third-order valence-electron chi connectivity index (χ3n) is 3.65. The highest BCUT2D eigenvalue weighted by atomic mass is 16.5. The quantitative estimate of drug-likeness (QED) is 0.779. The molecular formula is C18H18N2O2. The Balaban J connectivity index is 2.05. The molecule has 112 valence electrons.